The van der Waals surface area contributed by atoms with Gasteiger partial charge in [-0.15, -0.1) is 11.3 Å². The highest BCUT2D eigenvalue weighted by atomic mass is 35.5. The number of methoxy groups -OCH3 is 1. The van der Waals surface area contributed by atoms with Crippen LogP contribution in [-0.4, -0.2) is 50.3 Å². The third-order valence-electron chi connectivity index (χ3n) is 5.31. The van der Waals surface area contributed by atoms with E-state index in [4.69, 9.17) is 27.9 Å². The third-order valence-corrected chi connectivity index (χ3v) is 8.88. The fourth-order valence-electron chi connectivity index (χ4n) is 3.32. The summed E-state index contributed by atoms with van der Waals surface area (Å²) in [6.45, 7) is 2.01. The zero-order valence-electron chi connectivity index (χ0n) is 19.2. The highest BCUT2D eigenvalue weighted by Crippen LogP contribution is 2.28. The van der Waals surface area contributed by atoms with Crippen molar-refractivity contribution in [2.45, 2.75) is 24.9 Å². The van der Waals surface area contributed by atoms with Crippen molar-refractivity contribution in [1.82, 2.24) is 9.21 Å². The van der Waals surface area contributed by atoms with Crippen LogP contribution in [-0.2, 0) is 32.6 Å². The van der Waals surface area contributed by atoms with Crippen LogP contribution in [0, 0.1) is 12.7 Å². The van der Waals surface area contributed by atoms with Gasteiger partial charge < -0.3 is 9.64 Å². The Balaban J connectivity index is 1.91. The summed E-state index contributed by atoms with van der Waals surface area (Å²) in [5, 5.41) is 2.14. The van der Waals surface area contributed by atoms with Crippen molar-refractivity contribution in [1.29, 1.82) is 0 Å². The Hall–Kier alpha value is -2.01. The van der Waals surface area contributed by atoms with Gasteiger partial charge in [-0.3, -0.25) is 4.79 Å². The quantitative estimate of drug-likeness (QED) is 0.317. The maximum absolute atomic E-state index is 13.5. The molecule has 0 radical (unpaired) electrons. The molecule has 0 saturated heterocycles. The number of thiophene rings is 1. The Kier molecular flexibility index (Phi) is 9.69. The molecule has 0 spiro atoms. The van der Waals surface area contributed by atoms with Gasteiger partial charge in [-0.2, -0.15) is 4.31 Å². The van der Waals surface area contributed by atoms with Crippen LogP contribution in [0.1, 0.15) is 16.0 Å². The van der Waals surface area contributed by atoms with Gasteiger partial charge >= 0.3 is 0 Å². The Morgan fingerprint density at radius 2 is 1.80 bits per heavy atom. The fraction of sp³-hybridized carbons (Fsp3) is 0.292. The molecule has 0 aliphatic heterocycles. The maximum Gasteiger partial charge on any atom is 0.245 e. The van der Waals surface area contributed by atoms with Gasteiger partial charge in [0.05, 0.1) is 24.7 Å². The SMILES string of the molecule is COCCN(CC(=O)N(Cc1ccc(F)cc1)Cc1sccc1C)S(=O)(=O)c1cc(Cl)ccc1Cl. The molecule has 3 rings (SSSR count). The molecule has 1 aromatic heterocycles. The minimum Gasteiger partial charge on any atom is -0.383 e. The number of benzene rings is 2. The summed E-state index contributed by atoms with van der Waals surface area (Å²) in [6, 6.07) is 11.9. The minimum absolute atomic E-state index is 0.00152. The van der Waals surface area contributed by atoms with Gasteiger partial charge in [-0.25, -0.2) is 12.8 Å². The molecule has 1 heterocycles. The molecule has 35 heavy (non-hydrogen) atoms. The molecule has 3 aromatic rings. The standard InChI is InChI=1S/C24H25Cl2FN2O4S2/c1-17-9-12-34-22(17)15-28(14-18-3-6-20(27)7-4-18)24(30)16-29(10-11-33-2)35(31,32)23-13-19(25)5-8-21(23)26/h3-9,12-13H,10-11,14-16H2,1-2H3. The monoisotopic (exact) mass is 558 g/mol. The lowest BCUT2D eigenvalue weighted by Gasteiger charge is -2.27. The van der Waals surface area contributed by atoms with E-state index in [9.17, 15) is 17.6 Å². The number of hydrogen-bond donors (Lipinski definition) is 0. The van der Waals surface area contributed by atoms with Crippen LogP contribution in [0.15, 0.2) is 58.8 Å². The second kappa shape index (κ2) is 12.3. The number of rotatable bonds is 11. The molecule has 0 fully saturated rings. The van der Waals surface area contributed by atoms with Gasteiger partial charge in [-0.05, 0) is 59.8 Å². The molecule has 0 unspecified atom stereocenters. The Labute approximate surface area is 218 Å². The molecular formula is C24H25Cl2FN2O4S2. The van der Waals surface area contributed by atoms with Crippen molar-refractivity contribution in [2.24, 2.45) is 0 Å². The molecule has 188 valence electrons. The van der Waals surface area contributed by atoms with Crippen molar-refractivity contribution in [3.8, 4) is 0 Å². The van der Waals surface area contributed by atoms with E-state index >= 15 is 0 Å². The summed E-state index contributed by atoms with van der Waals surface area (Å²) in [6.07, 6.45) is 0. The van der Waals surface area contributed by atoms with Crippen molar-refractivity contribution in [2.75, 3.05) is 26.8 Å². The largest absolute Gasteiger partial charge is 0.383 e. The number of sulfonamides is 1. The summed E-state index contributed by atoms with van der Waals surface area (Å²) in [5.41, 5.74) is 1.75. The van der Waals surface area contributed by atoms with Crippen LogP contribution in [0.3, 0.4) is 0 Å². The molecule has 0 saturated carbocycles. The number of hydrogen-bond acceptors (Lipinski definition) is 5. The topological polar surface area (TPSA) is 66.9 Å². The number of amides is 1. The van der Waals surface area contributed by atoms with E-state index in [0.717, 1.165) is 20.3 Å². The van der Waals surface area contributed by atoms with Crippen LogP contribution < -0.4 is 0 Å². The van der Waals surface area contributed by atoms with Crippen molar-refractivity contribution < 1.29 is 22.3 Å². The second-order valence-electron chi connectivity index (χ2n) is 7.81. The third kappa shape index (κ3) is 7.25. The van der Waals surface area contributed by atoms with E-state index in [2.05, 4.69) is 0 Å². The molecule has 6 nitrogen and oxygen atoms in total. The minimum atomic E-state index is -4.16. The van der Waals surface area contributed by atoms with Crippen LogP contribution in [0.25, 0.3) is 0 Å². The molecule has 0 N–H and O–H groups in total. The summed E-state index contributed by atoms with van der Waals surface area (Å²) in [4.78, 5) is 15.9. The molecular weight excluding hydrogens is 534 g/mol. The summed E-state index contributed by atoms with van der Waals surface area (Å²) < 4.78 is 46.4. The lowest BCUT2D eigenvalue weighted by molar-refractivity contribution is -0.132. The van der Waals surface area contributed by atoms with E-state index < -0.39 is 22.5 Å². The van der Waals surface area contributed by atoms with Gasteiger partial charge in [0, 0.05) is 30.1 Å². The number of aryl methyl sites for hydroxylation is 1. The van der Waals surface area contributed by atoms with E-state index in [1.807, 2.05) is 18.4 Å². The molecule has 0 aliphatic rings. The van der Waals surface area contributed by atoms with Crippen LogP contribution in [0.5, 0.6) is 0 Å². The highest BCUT2D eigenvalue weighted by molar-refractivity contribution is 7.89. The molecule has 11 heteroatoms. The van der Waals surface area contributed by atoms with Gasteiger partial charge in [0.25, 0.3) is 0 Å². The Morgan fingerprint density at radius 3 is 2.43 bits per heavy atom. The highest BCUT2D eigenvalue weighted by Gasteiger charge is 2.30. The van der Waals surface area contributed by atoms with E-state index in [-0.39, 0.29) is 47.0 Å². The summed E-state index contributed by atoms with van der Waals surface area (Å²) in [5.74, 6) is -0.795. The van der Waals surface area contributed by atoms with Gasteiger partial charge in [0.2, 0.25) is 15.9 Å². The lowest BCUT2D eigenvalue weighted by Crippen LogP contribution is -2.43. The van der Waals surface area contributed by atoms with Crippen molar-refractivity contribution >= 4 is 50.5 Å². The first-order valence-corrected chi connectivity index (χ1v) is 13.7. The first-order chi connectivity index (χ1) is 16.6. The smallest absolute Gasteiger partial charge is 0.245 e. The van der Waals surface area contributed by atoms with E-state index in [1.54, 1.807) is 17.0 Å². The second-order valence-corrected chi connectivity index (χ2v) is 11.6. The van der Waals surface area contributed by atoms with Crippen molar-refractivity contribution in [3.05, 3.63) is 85.8 Å². The molecule has 0 aliphatic carbocycles. The molecule has 1 amide bonds. The number of halogens is 3. The average Bonchev–Trinajstić information content (AvgIpc) is 3.23. The maximum atomic E-state index is 13.5. The zero-order valence-corrected chi connectivity index (χ0v) is 22.4. The molecule has 2 aromatic carbocycles. The zero-order chi connectivity index (χ0) is 25.6. The number of carbonyl (C=O) groups excluding carboxylic acids is 1. The number of nitrogens with zero attached hydrogens (tertiary/aromatic N) is 2. The van der Waals surface area contributed by atoms with E-state index in [1.165, 1.54) is 48.8 Å². The Morgan fingerprint density at radius 1 is 1.09 bits per heavy atom. The first kappa shape index (κ1) is 27.6. The average molecular weight is 560 g/mol. The number of carbonyl (C=O) groups is 1. The van der Waals surface area contributed by atoms with E-state index in [0.29, 0.717) is 0 Å². The predicted octanol–water partition coefficient (Wildman–Crippen LogP) is 5.37. The van der Waals surface area contributed by atoms with Crippen LogP contribution >= 0.6 is 34.5 Å². The predicted molar refractivity (Wildman–Crippen MR) is 137 cm³/mol. The fourth-order valence-corrected chi connectivity index (χ4v) is 6.36. The van der Waals surface area contributed by atoms with Crippen LogP contribution in [0.4, 0.5) is 4.39 Å². The lowest BCUT2D eigenvalue weighted by atomic mass is 10.2. The normalized spacial score (nSPS) is 11.7. The van der Waals surface area contributed by atoms with Gasteiger partial charge in [0.15, 0.2) is 0 Å². The summed E-state index contributed by atoms with van der Waals surface area (Å²) in [7, 11) is -2.72. The number of ether oxygens (including phenoxy) is 1. The summed E-state index contributed by atoms with van der Waals surface area (Å²) >= 11 is 13.7. The van der Waals surface area contributed by atoms with Gasteiger partial charge in [-0.1, -0.05) is 35.3 Å². The Bertz CT molecular complexity index is 1270. The molecule has 0 atom stereocenters. The first-order valence-electron chi connectivity index (χ1n) is 10.6. The van der Waals surface area contributed by atoms with Crippen molar-refractivity contribution in [3.63, 3.8) is 0 Å². The van der Waals surface area contributed by atoms with Crippen LogP contribution in [0.2, 0.25) is 10.0 Å². The van der Waals surface area contributed by atoms with Gasteiger partial charge in [0.1, 0.15) is 10.7 Å². The molecule has 0 bridgehead atoms.